The highest BCUT2D eigenvalue weighted by Crippen LogP contribution is 2.26. The van der Waals surface area contributed by atoms with Crippen molar-refractivity contribution in [2.75, 3.05) is 19.5 Å². The van der Waals surface area contributed by atoms with E-state index in [-0.39, 0.29) is 24.5 Å². The van der Waals surface area contributed by atoms with Gasteiger partial charge in [-0.25, -0.2) is 0 Å². The van der Waals surface area contributed by atoms with Crippen molar-refractivity contribution < 1.29 is 14.6 Å². The summed E-state index contributed by atoms with van der Waals surface area (Å²) in [5, 5.41) is 8.97. The van der Waals surface area contributed by atoms with Crippen LogP contribution in [0.25, 0.3) is 11.2 Å². The van der Waals surface area contributed by atoms with Gasteiger partial charge in [-0.05, 0) is 26.2 Å². The molecule has 8 nitrogen and oxygen atoms in total. The number of hydrogen-bond acceptors (Lipinski definition) is 7. The zero-order valence-electron chi connectivity index (χ0n) is 14.7. The summed E-state index contributed by atoms with van der Waals surface area (Å²) in [6.07, 6.45) is 4.65. The maximum Gasteiger partial charge on any atom is 0.320 e. The van der Waals surface area contributed by atoms with Gasteiger partial charge in [0.25, 0.3) is 6.01 Å². The minimum atomic E-state index is 0.0226. The number of anilines is 1. The molecule has 0 bridgehead atoms. The summed E-state index contributed by atoms with van der Waals surface area (Å²) in [7, 11) is 1.55. The molecular weight excluding hydrogens is 310 g/mol. The molecule has 2 aromatic rings. The highest BCUT2D eigenvalue weighted by atomic mass is 16.5. The molecule has 0 saturated heterocycles. The first-order valence-electron chi connectivity index (χ1n) is 8.45. The van der Waals surface area contributed by atoms with Crippen molar-refractivity contribution in [3.05, 3.63) is 0 Å². The van der Waals surface area contributed by atoms with Crippen molar-refractivity contribution in [3.63, 3.8) is 0 Å². The molecule has 134 valence electrons. The maximum absolute atomic E-state index is 8.97. The number of aliphatic hydroxyl groups excluding tert-OH is 1. The van der Waals surface area contributed by atoms with Gasteiger partial charge in [0.05, 0.1) is 13.2 Å². The van der Waals surface area contributed by atoms with Gasteiger partial charge < -0.3 is 20.3 Å². The molecule has 2 aromatic heterocycles. The lowest BCUT2D eigenvalue weighted by Gasteiger charge is -2.13. The average molecular weight is 337 g/mol. The van der Waals surface area contributed by atoms with Crippen molar-refractivity contribution >= 4 is 17.0 Å². The first-order chi connectivity index (χ1) is 11.6. The first kappa shape index (κ1) is 18.3. The van der Waals surface area contributed by atoms with Crippen LogP contribution < -0.4 is 15.2 Å². The number of nitrogens with two attached hydrogens (primary N) is 1. The number of rotatable bonds is 10. The summed E-state index contributed by atoms with van der Waals surface area (Å²) in [6, 6.07) is 0.690. The van der Waals surface area contributed by atoms with Gasteiger partial charge in [0.1, 0.15) is 0 Å². The summed E-state index contributed by atoms with van der Waals surface area (Å²) in [5.74, 6) is 0.275. The quantitative estimate of drug-likeness (QED) is 0.639. The number of unbranched alkanes of at least 4 members (excludes halogenated alkanes) is 2. The maximum atomic E-state index is 8.97. The molecule has 8 heteroatoms. The van der Waals surface area contributed by atoms with Gasteiger partial charge in [0.2, 0.25) is 0 Å². The van der Waals surface area contributed by atoms with E-state index in [1.54, 1.807) is 7.11 Å². The average Bonchev–Trinajstić information content (AvgIpc) is 2.92. The number of aryl methyl sites for hydroxylation is 1. The second kappa shape index (κ2) is 8.68. The monoisotopic (exact) mass is 337 g/mol. The van der Waals surface area contributed by atoms with Crippen LogP contribution in [-0.2, 0) is 6.54 Å². The standard InChI is InChI=1S/C16H27N5O3/c1-4-5-8-11(2)24-15-19-13(17)12-14(20-15)21(9-6-7-10-22)16(18-12)23-3/h11,22H,4-10H2,1-3H3,(H2,17,19,20)/t11-/m0/s1. The molecule has 0 aliphatic carbocycles. The molecule has 1 atom stereocenters. The molecule has 0 aliphatic rings. The Morgan fingerprint density at radius 3 is 2.67 bits per heavy atom. The lowest BCUT2D eigenvalue weighted by molar-refractivity contribution is 0.191. The molecule has 0 saturated carbocycles. The molecule has 0 aromatic carbocycles. The van der Waals surface area contributed by atoms with Crippen LogP contribution in [-0.4, -0.2) is 44.4 Å². The topological polar surface area (TPSA) is 108 Å². The highest BCUT2D eigenvalue weighted by molar-refractivity contribution is 5.83. The predicted octanol–water partition coefficient (Wildman–Crippen LogP) is 2.15. The fourth-order valence-corrected chi connectivity index (χ4v) is 2.50. The van der Waals surface area contributed by atoms with Gasteiger partial charge in [0, 0.05) is 13.2 Å². The molecule has 24 heavy (non-hydrogen) atoms. The SMILES string of the molecule is CCCC[C@H](C)Oc1nc(N)c2nc(OC)n(CCCCO)c2n1. The Bertz CT molecular complexity index is 659. The third-order valence-electron chi connectivity index (χ3n) is 3.81. The van der Waals surface area contributed by atoms with Gasteiger partial charge in [-0.15, -0.1) is 0 Å². The van der Waals surface area contributed by atoms with E-state index in [2.05, 4.69) is 21.9 Å². The Kier molecular flexibility index (Phi) is 6.60. The number of aromatic nitrogens is 4. The van der Waals surface area contributed by atoms with E-state index in [9.17, 15) is 0 Å². The Morgan fingerprint density at radius 2 is 2.00 bits per heavy atom. The van der Waals surface area contributed by atoms with Crippen molar-refractivity contribution in [1.82, 2.24) is 19.5 Å². The molecular formula is C16H27N5O3. The molecule has 0 fully saturated rings. The Hall–Kier alpha value is -2.09. The summed E-state index contributed by atoms with van der Waals surface area (Å²) in [4.78, 5) is 13.0. The van der Waals surface area contributed by atoms with Crippen LogP contribution in [0.15, 0.2) is 0 Å². The van der Waals surface area contributed by atoms with Crippen LogP contribution in [0, 0.1) is 0 Å². The predicted molar refractivity (Wildman–Crippen MR) is 92.2 cm³/mol. The molecule has 0 radical (unpaired) electrons. The van der Waals surface area contributed by atoms with E-state index in [4.69, 9.17) is 20.3 Å². The van der Waals surface area contributed by atoms with Crippen molar-refractivity contribution in [3.8, 4) is 12.0 Å². The molecule has 0 amide bonds. The second-order valence-corrected chi connectivity index (χ2v) is 5.82. The Balaban J connectivity index is 2.30. The molecule has 0 spiro atoms. The number of nitrogens with zero attached hydrogens (tertiary/aromatic N) is 4. The Labute approximate surface area is 142 Å². The Morgan fingerprint density at radius 1 is 1.21 bits per heavy atom. The van der Waals surface area contributed by atoms with Crippen LogP contribution in [0.5, 0.6) is 12.0 Å². The zero-order valence-corrected chi connectivity index (χ0v) is 14.7. The summed E-state index contributed by atoms with van der Waals surface area (Å²) < 4.78 is 13.0. The van der Waals surface area contributed by atoms with E-state index in [1.807, 2.05) is 11.5 Å². The van der Waals surface area contributed by atoms with Crippen molar-refractivity contribution in [2.24, 2.45) is 0 Å². The van der Waals surface area contributed by atoms with E-state index >= 15 is 0 Å². The van der Waals surface area contributed by atoms with E-state index in [1.165, 1.54) is 0 Å². The number of aliphatic hydroxyl groups is 1. The number of methoxy groups -OCH3 is 1. The largest absolute Gasteiger partial charge is 0.468 e. The van der Waals surface area contributed by atoms with Gasteiger partial charge in [-0.3, -0.25) is 4.57 Å². The first-order valence-corrected chi connectivity index (χ1v) is 8.45. The van der Waals surface area contributed by atoms with E-state index in [0.29, 0.717) is 30.1 Å². The minimum Gasteiger partial charge on any atom is -0.468 e. The third-order valence-corrected chi connectivity index (χ3v) is 3.81. The van der Waals surface area contributed by atoms with Crippen LogP contribution in [0.3, 0.4) is 0 Å². The van der Waals surface area contributed by atoms with Gasteiger partial charge in [-0.2, -0.15) is 15.0 Å². The lowest BCUT2D eigenvalue weighted by atomic mass is 10.2. The van der Waals surface area contributed by atoms with Crippen LogP contribution >= 0.6 is 0 Å². The van der Waals surface area contributed by atoms with Gasteiger partial charge in [-0.1, -0.05) is 19.8 Å². The van der Waals surface area contributed by atoms with Crippen molar-refractivity contribution in [1.29, 1.82) is 0 Å². The molecule has 2 heterocycles. The van der Waals surface area contributed by atoms with Crippen LogP contribution in [0.1, 0.15) is 46.0 Å². The number of ether oxygens (including phenoxy) is 2. The molecule has 3 N–H and O–H groups in total. The second-order valence-electron chi connectivity index (χ2n) is 5.82. The minimum absolute atomic E-state index is 0.0226. The van der Waals surface area contributed by atoms with E-state index in [0.717, 1.165) is 25.7 Å². The van der Waals surface area contributed by atoms with Crippen LogP contribution in [0.2, 0.25) is 0 Å². The number of fused-ring (bicyclic) bond motifs is 1. The number of nitrogen functional groups attached to an aromatic ring is 1. The van der Waals surface area contributed by atoms with Gasteiger partial charge >= 0.3 is 6.01 Å². The fourth-order valence-electron chi connectivity index (χ4n) is 2.50. The summed E-state index contributed by atoms with van der Waals surface area (Å²) >= 11 is 0. The smallest absolute Gasteiger partial charge is 0.320 e. The zero-order chi connectivity index (χ0) is 17.5. The third kappa shape index (κ3) is 4.25. The molecule has 0 unspecified atom stereocenters. The summed E-state index contributed by atoms with van der Waals surface area (Å²) in [6.45, 7) is 4.92. The number of hydrogen-bond donors (Lipinski definition) is 2. The lowest BCUT2D eigenvalue weighted by Crippen LogP contribution is -2.14. The summed E-state index contributed by atoms with van der Waals surface area (Å²) in [5.41, 5.74) is 7.12. The van der Waals surface area contributed by atoms with Crippen molar-refractivity contribution in [2.45, 2.75) is 58.6 Å². The molecule has 0 aliphatic heterocycles. The highest BCUT2D eigenvalue weighted by Gasteiger charge is 2.18. The molecule has 2 rings (SSSR count). The van der Waals surface area contributed by atoms with Gasteiger partial charge in [0.15, 0.2) is 17.0 Å². The fraction of sp³-hybridized carbons (Fsp3) is 0.688. The van der Waals surface area contributed by atoms with Crippen LogP contribution in [0.4, 0.5) is 5.82 Å². The normalized spacial score (nSPS) is 12.5. The number of imidazole rings is 1. The van der Waals surface area contributed by atoms with E-state index < -0.39 is 0 Å².